The van der Waals surface area contributed by atoms with Crippen LogP contribution < -0.4 is 5.32 Å². The van der Waals surface area contributed by atoms with E-state index in [1.807, 2.05) is 0 Å². The largest absolute Gasteiger partial charge is 0.480 e. The smallest absolute Gasteiger partial charge is 0.408 e. The lowest BCUT2D eigenvalue weighted by atomic mass is 10.0. The monoisotopic (exact) mass is 384 g/mol. The Bertz CT molecular complexity index is 595. The Labute approximate surface area is 147 Å². The summed E-state index contributed by atoms with van der Waals surface area (Å²) < 4.78 is 4.96. The Morgan fingerprint density at radius 3 is 2.30 bits per heavy atom. The minimum Gasteiger partial charge on any atom is -0.480 e. The summed E-state index contributed by atoms with van der Waals surface area (Å²) >= 11 is 17.4. The van der Waals surface area contributed by atoms with E-state index in [4.69, 9.17) is 39.5 Å². The summed E-state index contributed by atoms with van der Waals surface area (Å²) in [7, 11) is 0. The number of rotatable bonds is 4. The maximum atomic E-state index is 11.7. The molecular weight excluding hydrogens is 371 g/mol. The van der Waals surface area contributed by atoms with Gasteiger partial charge < -0.3 is 20.3 Å². The van der Waals surface area contributed by atoms with E-state index in [1.165, 1.54) is 6.07 Å². The fourth-order valence-electron chi connectivity index (χ4n) is 1.61. The second kappa shape index (κ2) is 7.53. The summed E-state index contributed by atoms with van der Waals surface area (Å²) in [6.45, 7) is 4.82. The predicted molar refractivity (Wildman–Crippen MR) is 85.0 cm³/mol. The number of nitrogens with one attached hydrogen (secondary N) is 1. The Morgan fingerprint density at radius 2 is 1.87 bits per heavy atom. The minimum atomic E-state index is -1.76. The number of carbonyl (C=O) groups excluding carboxylic acids is 1. The number of carbonyl (C=O) groups is 2. The summed E-state index contributed by atoms with van der Waals surface area (Å²) in [5.74, 6) is -1.51. The molecule has 1 heterocycles. The molecule has 1 amide bonds. The molecule has 0 fully saturated rings. The molecule has 2 atom stereocenters. The van der Waals surface area contributed by atoms with Crippen molar-refractivity contribution in [2.45, 2.75) is 38.5 Å². The van der Waals surface area contributed by atoms with Crippen molar-refractivity contribution < 1.29 is 24.5 Å². The van der Waals surface area contributed by atoms with Crippen LogP contribution in [-0.4, -0.2) is 38.9 Å². The molecule has 0 aromatic carbocycles. The number of hydrogen-bond donors (Lipinski definition) is 3. The van der Waals surface area contributed by atoms with Gasteiger partial charge in [0.1, 0.15) is 22.0 Å². The zero-order valence-corrected chi connectivity index (χ0v) is 14.7. The van der Waals surface area contributed by atoms with E-state index in [0.29, 0.717) is 0 Å². The Morgan fingerprint density at radius 1 is 1.30 bits per heavy atom. The van der Waals surface area contributed by atoms with Crippen molar-refractivity contribution in [1.29, 1.82) is 0 Å². The lowest BCUT2D eigenvalue weighted by molar-refractivity contribution is -0.142. The van der Waals surface area contributed by atoms with E-state index in [-0.39, 0.29) is 20.9 Å². The number of aliphatic hydroxyl groups excluding tert-OH is 1. The SMILES string of the molecule is CC(C)(C)OC(=O)N[C@H](C(=O)O)[C@H](O)c1c(Cl)cc(Cl)nc1Cl. The molecule has 0 radical (unpaired) electrons. The highest BCUT2D eigenvalue weighted by Crippen LogP contribution is 2.33. The van der Waals surface area contributed by atoms with Gasteiger partial charge in [-0.05, 0) is 26.8 Å². The molecule has 0 saturated carbocycles. The first-order chi connectivity index (χ1) is 10.4. The average Bonchev–Trinajstić information content (AvgIpc) is 2.31. The fraction of sp³-hybridized carbons (Fsp3) is 0.462. The third-order valence-electron chi connectivity index (χ3n) is 2.48. The number of aromatic nitrogens is 1. The van der Waals surface area contributed by atoms with Gasteiger partial charge in [0.25, 0.3) is 0 Å². The van der Waals surface area contributed by atoms with Crippen LogP contribution >= 0.6 is 34.8 Å². The molecule has 0 aliphatic heterocycles. The number of nitrogens with zero attached hydrogens (tertiary/aromatic N) is 1. The van der Waals surface area contributed by atoms with Gasteiger partial charge in [-0.2, -0.15) is 0 Å². The molecule has 0 bridgehead atoms. The lowest BCUT2D eigenvalue weighted by Gasteiger charge is -2.25. The first kappa shape index (κ1) is 19.8. The molecule has 128 valence electrons. The van der Waals surface area contributed by atoms with Gasteiger partial charge in [0.2, 0.25) is 0 Å². The van der Waals surface area contributed by atoms with Crippen molar-refractivity contribution in [3.05, 3.63) is 27.0 Å². The van der Waals surface area contributed by atoms with Crippen molar-refractivity contribution in [3.63, 3.8) is 0 Å². The number of carboxylic acid groups (broad SMARTS) is 1. The predicted octanol–water partition coefficient (Wildman–Crippen LogP) is 3.05. The zero-order valence-electron chi connectivity index (χ0n) is 12.4. The average molecular weight is 386 g/mol. The molecular formula is C13H15Cl3N2O5. The Hall–Kier alpha value is -1.28. The second-order valence-corrected chi connectivity index (χ2v) is 6.69. The van der Waals surface area contributed by atoms with Crippen molar-refractivity contribution in [3.8, 4) is 0 Å². The number of amides is 1. The molecule has 10 heteroatoms. The summed E-state index contributed by atoms with van der Waals surface area (Å²) in [5.41, 5.74) is -1.00. The van der Waals surface area contributed by atoms with Crippen molar-refractivity contribution in [2.75, 3.05) is 0 Å². The molecule has 7 nitrogen and oxygen atoms in total. The van der Waals surface area contributed by atoms with Crippen molar-refractivity contribution in [1.82, 2.24) is 10.3 Å². The summed E-state index contributed by atoms with van der Waals surface area (Å²) in [6.07, 6.45) is -2.78. The molecule has 0 spiro atoms. The number of aliphatic carboxylic acids is 1. The van der Waals surface area contributed by atoms with Crippen molar-refractivity contribution >= 4 is 46.9 Å². The first-order valence-electron chi connectivity index (χ1n) is 6.34. The van der Waals surface area contributed by atoms with Gasteiger partial charge >= 0.3 is 12.1 Å². The van der Waals surface area contributed by atoms with Gasteiger partial charge in [-0.25, -0.2) is 14.6 Å². The minimum absolute atomic E-state index is 0.0251. The van der Waals surface area contributed by atoms with E-state index in [9.17, 15) is 19.8 Å². The fourth-order valence-corrected chi connectivity index (χ4v) is 2.56. The number of halogens is 3. The van der Waals surface area contributed by atoms with Crippen LogP contribution in [0.15, 0.2) is 6.07 Å². The lowest BCUT2D eigenvalue weighted by Crippen LogP contribution is -2.47. The molecule has 1 aromatic heterocycles. The van der Waals surface area contributed by atoms with Gasteiger partial charge in [-0.3, -0.25) is 0 Å². The molecule has 1 aromatic rings. The standard InChI is InChI=1S/C13H15Cl3N2O5/c1-13(2,3)23-12(22)18-8(11(20)21)9(19)7-5(14)4-6(15)17-10(7)16/h4,8-9,19H,1-3H3,(H,18,22)(H,20,21)/t8-,9+/m0/s1. The number of hydrogen-bond acceptors (Lipinski definition) is 5. The van der Waals surface area contributed by atoms with Crippen LogP contribution in [0.4, 0.5) is 4.79 Å². The summed E-state index contributed by atoms with van der Waals surface area (Å²) in [5, 5.41) is 21.1. The normalized spacial score (nSPS) is 14.0. The third-order valence-corrected chi connectivity index (χ3v) is 3.27. The Kier molecular flexibility index (Phi) is 6.47. The van der Waals surface area contributed by atoms with E-state index < -0.39 is 29.8 Å². The number of aliphatic hydroxyl groups is 1. The highest BCUT2D eigenvalue weighted by molar-refractivity contribution is 6.37. The molecule has 0 unspecified atom stereocenters. The van der Waals surface area contributed by atoms with Crippen LogP contribution in [-0.2, 0) is 9.53 Å². The quantitative estimate of drug-likeness (QED) is 0.687. The second-order valence-electron chi connectivity index (χ2n) is 5.54. The topological polar surface area (TPSA) is 109 Å². The van der Waals surface area contributed by atoms with Crippen molar-refractivity contribution in [2.24, 2.45) is 0 Å². The highest BCUT2D eigenvalue weighted by Gasteiger charge is 2.34. The summed E-state index contributed by atoms with van der Waals surface area (Å²) in [6, 6.07) is -0.553. The molecule has 23 heavy (non-hydrogen) atoms. The van der Waals surface area contributed by atoms with E-state index in [1.54, 1.807) is 20.8 Å². The zero-order chi connectivity index (χ0) is 17.9. The van der Waals surface area contributed by atoms with Gasteiger partial charge in [0.05, 0.1) is 5.02 Å². The number of carboxylic acids is 1. The van der Waals surface area contributed by atoms with E-state index in [2.05, 4.69) is 10.3 Å². The van der Waals surface area contributed by atoms with Gasteiger partial charge in [-0.15, -0.1) is 0 Å². The van der Waals surface area contributed by atoms with E-state index in [0.717, 1.165) is 0 Å². The number of ether oxygens (including phenoxy) is 1. The third kappa shape index (κ3) is 5.69. The van der Waals surface area contributed by atoms with E-state index >= 15 is 0 Å². The van der Waals surface area contributed by atoms with Gasteiger partial charge in [0, 0.05) is 5.56 Å². The van der Waals surface area contributed by atoms with Crippen LogP contribution in [0.3, 0.4) is 0 Å². The van der Waals surface area contributed by atoms with Crippen LogP contribution in [0.1, 0.15) is 32.4 Å². The van der Waals surface area contributed by atoms with Crippen LogP contribution in [0, 0.1) is 0 Å². The molecule has 0 aliphatic carbocycles. The summed E-state index contributed by atoms with van der Waals surface area (Å²) in [4.78, 5) is 26.8. The first-order valence-corrected chi connectivity index (χ1v) is 7.47. The molecule has 0 saturated heterocycles. The van der Waals surface area contributed by atoms with Crippen LogP contribution in [0.5, 0.6) is 0 Å². The highest BCUT2D eigenvalue weighted by atomic mass is 35.5. The molecule has 1 rings (SSSR count). The maximum absolute atomic E-state index is 11.7. The number of pyridine rings is 1. The van der Waals surface area contributed by atoms with Gasteiger partial charge in [-0.1, -0.05) is 34.8 Å². The molecule has 3 N–H and O–H groups in total. The van der Waals surface area contributed by atoms with Crippen LogP contribution in [0.25, 0.3) is 0 Å². The molecule has 0 aliphatic rings. The number of alkyl carbamates (subject to hydrolysis) is 1. The van der Waals surface area contributed by atoms with Gasteiger partial charge in [0.15, 0.2) is 6.04 Å². The Balaban J connectivity index is 3.07. The maximum Gasteiger partial charge on any atom is 0.408 e. The van der Waals surface area contributed by atoms with Crippen LogP contribution in [0.2, 0.25) is 15.3 Å².